The molecule has 0 aliphatic carbocycles. The van der Waals surface area contributed by atoms with Crippen molar-refractivity contribution in [2.75, 3.05) is 6.26 Å². The summed E-state index contributed by atoms with van der Waals surface area (Å²) < 4.78 is 5.87. The van der Waals surface area contributed by atoms with Gasteiger partial charge in [0.2, 0.25) is 5.88 Å². The Labute approximate surface area is 136 Å². The predicted octanol–water partition coefficient (Wildman–Crippen LogP) is 3.47. The number of ether oxygens (including phenoxy) is 1. The number of hydrogen-bond donors (Lipinski definition) is 1. The van der Waals surface area contributed by atoms with E-state index in [1.54, 1.807) is 0 Å². The number of thioether (sulfide) groups is 1. The number of aliphatic hydroxyl groups is 1. The Morgan fingerprint density at radius 2 is 1.86 bits per heavy atom. The van der Waals surface area contributed by atoms with Crippen LogP contribution in [0.4, 0.5) is 0 Å². The van der Waals surface area contributed by atoms with Gasteiger partial charge in [-0.1, -0.05) is 44.2 Å². The predicted molar refractivity (Wildman–Crippen MR) is 89.1 cm³/mol. The van der Waals surface area contributed by atoms with E-state index in [1.165, 1.54) is 11.8 Å². The van der Waals surface area contributed by atoms with Gasteiger partial charge >= 0.3 is 0 Å². The molecule has 0 atom stereocenters. The van der Waals surface area contributed by atoms with Crippen LogP contribution in [-0.4, -0.2) is 21.3 Å². The molecule has 0 saturated carbocycles. The first-order chi connectivity index (χ1) is 10.6. The van der Waals surface area contributed by atoms with Crippen molar-refractivity contribution < 1.29 is 9.84 Å². The zero-order chi connectivity index (χ0) is 15.9. The summed E-state index contributed by atoms with van der Waals surface area (Å²) in [7, 11) is 0. The van der Waals surface area contributed by atoms with Gasteiger partial charge in [0.25, 0.3) is 0 Å². The third-order valence-corrected chi connectivity index (χ3v) is 3.84. The molecule has 0 aliphatic heterocycles. The summed E-state index contributed by atoms with van der Waals surface area (Å²) in [5.74, 6) is 0.988. The standard InChI is InChI=1S/C17H22N2O2S/c1-12(2)9-14-16(18-15(10-20)17(19-14)22-3)21-11-13-7-5-4-6-8-13/h4-8,12,20H,9-11H2,1-3H3. The van der Waals surface area contributed by atoms with Crippen molar-refractivity contribution in [2.24, 2.45) is 5.92 Å². The number of hydrogen-bond acceptors (Lipinski definition) is 5. The molecular formula is C17H22N2O2S. The molecule has 2 aromatic rings. The molecule has 1 N–H and O–H groups in total. The van der Waals surface area contributed by atoms with E-state index in [0.29, 0.717) is 24.1 Å². The van der Waals surface area contributed by atoms with E-state index in [4.69, 9.17) is 4.74 Å². The average Bonchev–Trinajstić information content (AvgIpc) is 2.53. The Balaban J connectivity index is 2.26. The van der Waals surface area contributed by atoms with E-state index >= 15 is 0 Å². The Bertz CT molecular complexity index is 603. The van der Waals surface area contributed by atoms with E-state index in [0.717, 1.165) is 22.7 Å². The Morgan fingerprint density at radius 1 is 1.14 bits per heavy atom. The molecule has 0 unspecified atom stereocenters. The second-order valence-electron chi connectivity index (χ2n) is 5.46. The van der Waals surface area contributed by atoms with Gasteiger partial charge in [0.05, 0.1) is 6.61 Å². The van der Waals surface area contributed by atoms with Crippen LogP contribution in [0.25, 0.3) is 0 Å². The zero-order valence-electron chi connectivity index (χ0n) is 13.2. The molecule has 118 valence electrons. The minimum Gasteiger partial charge on any atom is -0.471 e. The molecule has 1 aromatic heterocycles. The third-order valence-electron chi connectivity index (χ3n) is 3.13. The summed E-state index contributed by atoms with van der Waals surface area (Å²) in [5, 5.41) is 10.2. The molecule has 0 radical (unpaired) electrons. The minimum atomic E-state index is -0.132. The van der Waals surface area contributed by atoms with Crippen LogP contribution >= 0.6 is 11.8 Å². The number of aromatic nitrogens is 2. The molecule has 0 bridgehead atoms. The highest BCUT2D eigenvalue weighted by molar-refractivity contribution is 7.98. The molecule has 5 heteroatoms. The third kappa shape index (κ3) is 4.45. The first-order valence-corrected chi connectivity index (χ1v) is 8.57. The number of aliphatic hydroxyl groups excluding tert-OH is 1. The molecular weight excluding hydrogens is 296 g/mol. The maximum Gasteiger partial charge on any atom is 0.236 e. The van der Waals surface area contributed by atoms with Gasteiger partial charge in [-0.25, -0.2) is 9.97 Å². The van der Waals surface area contributed by atoms with Crippen molar-refractivity contribution in [3.05, 3.63) is 47.3 Å². The Kier molecular flexibility index (Phi) is 6.21. The van der Waals surface area contributed by atoms with Gasteiger partial charge < -0.3 is 9.84 Å². The van der Waals surface area contributed by atoms with Crippen molar-refractivity contribution in [3.8, 4) is 5.88 Å². The average molecular weight is 318 g/mol. The van der Waals surface area contributed by atoms with Crippen LogP contribution in [0.5, 0.6) is 5.88 Å². The van der Waals surface area contributed by atoms with Crippen LogP contribution < -0.4 is 4.74 Å². The lowest BCUT2D eigenvalue weighted by molar-refractivity contribution is 0.257. The van der Waals surface area contributed by atoms with Gasteiger partial charge in [0, 0.05) is 0 Å². The van der Waals surface area contributed by atoms with Gasteiger partial charge in [-0.05, 0) is 24.2 Å². The highest BCUT2D eigenvalue weighted by atomic mass is 32.2. The Hall–Kier alpha value is -1.59. The molecule has 2 rings (SSSR count). The molecule has 22 heavy (non-hydrogen) atoms. The van der Waals surface area contributed by atoms with E-state index < -0.39 is 0 Å². The van der Waals surface area contributed by atoms with Crippen molar-refractivity contribution in [1.82, 2.24) is 9.97 Å². The lowest BCUT2D eigenvalue weighted by Crippen LogP contribution is -2.09. The van der Waals surface area contributed by atoms with E-state index in [2.05, 4.69) is 23.8 Å². The second kappa shape index (κ2) is 8.15. The topological polar surface area (TPSA) is 55.2 Å². The summed E-state index contributed by atoms with van der Waals surface area (Å²) in [6.45, 7) is 4.60. The van der Waals surface area contributed by atoms with Gasteiger partial charge in [-0.3, -0.25) is 0 Å². The number of nitrogens with zero attached hydrogens (tertiary/aromatic N) is 2. The molecule has 4 nitrogen and oxygen atoms in total. The van der Waals surface area contributed by atoms with Crippen LogP contribution in [0.2, 0.25) is 0 Å². The quantitative estimate of drug-likeness (QED) is 0.792. The van der Waals surface area contributed by atoms with Gasteiger partial charge in [-0.2, -0.15) is 0 Å². The van der Waals surface area contributed by atoms with Crippen molar-refractivity contribution in [1.29, 1.82) is 0 Å². The lowest BCUT2D eigenvalue weighted by Gasteiger charge is -2.14. The fourth-order valence-electron chi connectivity index (χ4n) is 2.10. The fraction of sp³-hybridized carbons (Fsp3) is 0.412. The molecule has 0 fully saturated rings. The highest BCUT2D eigenvalue weighted by Gasteiger charge is 2.15. The summed E-state index contributed by atoms with van der Waals surface area (Å²) in [6, 6.07) is 9.97. The molecule has 0 saturated heterocycles. The summed E-state index contributed by atoms with van der Waals surface area (Å²) in [6.07, 6.45) is 2.74. The molecule has 0 amide bonds. The maximum atomic E-state index is 9.46. The number of rotatable bonds is 7. The summed E-state index contributed by atoms with van der Waals surface area (Å²) in [5.41, 5.74) is 2.51. The van der Waals surface area contributed by atoms with Crippen molar-refractivity contribution in [3.63, 3.8) is 0 Å². The fourth-order valence-corrected chi connectivity index (χ4v) is 2.64. The minimum absolute atomic E-state index is 0.132. The molecule has 1 heterocycles. The summed E-state index contributed by atoms with van der Waals surface area (Å²) >= 11 is 1.50. The van der Waals surface area contributed by atoms with Gasteiger partial charge in [0.1, 0.15) is 23.0 Å². The normalized spacial score (nSPS) is 11.0. The lowest BCUT2D eigenvalue weighted by atomic mass is 10.1. The first-order valence-electron chi connectivity index (χ1n) is 7.35. The monoisotopic (exact) mass is 318 g/mol. The molecule has 1 aromatic carbocycles. The number of benzene rings is 1. The van der Waals surface area contributed by atoms with Crippen molar-refractivity contribution >= 4 is 11.8 Å². The molecule has 0 spiro atoms. The smallest absolute Gasteiger partial charge is 0.236 e. The van der Waals surface area contributed by atoms with Crippen LogP contribution in [0.1, 0.15) is 30.8 Å². The van der Waals surface area contributed by atoms with E-state index in [9.17, 15) is 5.11 Å². The van der Waals surface area contributed by atoms with Crippen LogP contribution in [0, 0.1) is 5.92 Å². The SMILES string of the molecule is CSc1nc(CC(C)C)c(OCc2ccccc2)nc1CO. The van der Waals surface area contributed by atoms with Crippen LogP contribution in [-0.2, 0) is 19.6 Å². The Morgan fingerprint density at radius 3 is 2.45 bits per heavy atom. The van der Waals surface area contributed by atoms with Crippen LogP contribution in [0.15, 0.2) is 35.4 Å². The van der Waals surface area contributed by atoms with Gasteiger partial charge in [0.15, 0.2) is 0 Å². The largest absolute Gasteiger partial charge is 0.471 e. The first kappa shape index (κ1) is 16.8. The van der Waals surface area contributed by atoms with Crippen molar-refractivity contribution in [2.45, 2.75) is 38.5 Å². The van der Waals surface area contributed by atoms with Gasteiger partial charge in [-0.15, -0.1) is 11.8 Å². The maximum absolute atomic E-state index is 9.46. The summed E-state index contributed by atoms with van der Waals surface area (Å²) in [4.78, 5) is 9.10. The van der Waals surface area contributed by atoms with E-state index in [-0.39, 0.29) is 6.61 Å². The van der Waals surface area contributed by atoms with E-state index in [1.807, 2.05) is 36.6 Å². The molecule has 0 aliphatic rings. The highest BCUT2D eigenvalue weighted by Crippen LogP contribution is 2.25. The van der Waals surface area contributed by atoms with Crippen LogP contribution in [0.3, 0.4) is 0 Å². The zero-order valence-corrected chi connectivity index (χ0v) is 14.1. The second-order valence-corrected chi connectivity index (χ2v) is 6.26.